The van der Waals surface area contributed by atoms with Crippen LogP contribution in [0, 0.1) is 6.92 Å². The lowest BCUT2D eigenvalue weighted by Gasteiger charge is -2.26. The standard InChI is InChI=1S/C22H24N4O2/c1-15-24-22(28-26-15)13-16-9-11-18(12-10-16)23-14-21(27)25-20-8-4-6-17-5-2-3-7-19(17)20/h2-3,5,7,9-12,20,23H,4,6,8,13-14H2,1H3,(H,25,27). The third-order valence-corrected chi connectivity index (χ3v) is 5.04. The molecule has 1 aliphatic rings. The van der Waals surface area contributed by atoms with Crippen molar-refractivity contribution >= 4 is 11.6 Å². The lowest BCUT2D eigenvalue weighted by molar-refractivity contribution is -0.120. The maximum absolute atomic E-state index is 12.4. The van der Waals surface area contributed by atoms with Crippen molar-refractivity contribution in [2.75, 3.05) is 11.9 Å². The van der Waals surface area contributed by atoms with Crippen LogP contribution in [-0.2, 0) is 17.6 Å². The molecule has 4 rings (SSSR count). The van der Waals surface area contributed by atoms with Gasteiger partial charge in [-0.3, -0.25) is 4.79 Å². The van der Waals surface area contributed by atoms with Gasteiger partial charge in [0.25, 0.3) is 0 Å². The molecule has 2 aromatic carbocycles. The summed E-state index contributed by atoms with van der Waals surface area (Å²) in [6.45, 7) is 2.05. The Morgan fingerprint density at radius 1 is 1.18 bits per heavy atom. The number of hydrogen-bond donors (Lipinski definition) is 2. The van der Waals surface area contributed by atoms with Crippen molar-refractivity contribution in [1.82, 2.24) is 15.5 Å². The quantitative estimate of drug-likeness (QED) is 0.687. The molecule has 28 heavy (non-hydrogen) atoms. The zero-order chi connectivity index (χ0) is 19.3. The molecule has 0 spiro atoms. The van der Waals surface area contributed by atoms with E-state index in [0.717, 1.165) is 30.5 Å². The summed E-state index contributed by atoms with van der Waals surface area (Å²) in [6, 6.07) is 16.4. The number of aryl methyl sites for hydroxylation is 2. The maximum Gasteiger partial charge on any atom is 0.239 e. The van der Waals surface area contributed by atoms with Crippen LogP contribution >= 0.6 is 0 Å². The topological polar surface area (TPSA) is 80.0 Å². The highest BCUT2D eigenvalue weighted by Gasteiger charge is 2.21. The van der Waals surface area contributed by atoms with E-state index < -0.39 is 0 Å². The van der Waals surface area contributed by atoms with Gasteiger partial charge in [0.1, 0.15) is 0 Å². The maximum atomic E-state index is 12.4. The van der Waals surface area contributed by atoms with Gasteiger partial charge in [-0.1, -0.05) is 41.6 Å². The number of nitrogens with one attached hydrogen (secondary N) is 2. The fourth-order valence-corrected chi connectivity index (χ4v) is 3.66. The first kappa shape index (κ1) is 18.2. The van der Waals surface area contributed by atoms with E-state index in [4.69, 9.17) is 4.52 Å². The summed E-state index contributed by atoms with van der Waals surface area (Å²) in [7, 11) is 0. The van der Waals surface area contributed by atoms with Crippen molar-refractivity contribution in [3.63, 3.8) is 0 Å². The SMILES string of the molecule is Cc1noc(Cc2ccc(NCC(=O)NC3CCCc4ccccc43)cc2)n1. The van der Waals surface area contributed by atoms with Gasteiger partial charge in [0.05, 0.1) is 19.0 Å². The second kappa shape index (κ2) is 8.25. The molecule has 1 atom stereocenters. The molecule has 1 aromatic heterocycles. The fraction of sp³-hybridized carbons (Fsp3) is 0.318. The molecular weight excluding hydrogens is 352 g/mol. The van der Waals surface area contributed by atoms with Crippen molar-refractivity contribution < 1.29 is 9.32 Å². The van der Waals surface area contributed by atoms with Crippen LogP contribution in [0.3, 0.4) is 0 Å². The minimum Gasteiger partial charge on any atom is -0.376 e. The Morgan fingerprint density at radius 3 is 2.79 bits per heavy atom. The van der Waals surface area contributed by atoms with Gasteiger partial charge in [-0.25, -0.2) is 0 Å². The summed E-state index contributed by atoms with van der Waals surface area (Å²) in [6.07, 6.45) is 3.79. The summed E-state index contributed by atoms with van der Waals surface area (Å²) in [5, 5.41) is 10.2. The van der Waals surface area contributed by atoms with Crippen molar-refractivity contribution in [2.45, 2.75) is 38.6 Å². The predicted molar refractivity (Wildman–Crippen MR) is 107 cm³/mol. The van der Waals surface area contributed by atoms with Crippen molar-refractivity contribution in [3.8, 4) is 0 Å². The van der Waals surface area contributed by atoms with E-state index in [-0.39, 0.29) is 18.5 Å². The fourth-order valence-electron chi connectivity index (χ4n) is 3.66. The summed E-state index contributed by atoms with van der Waals surface area (Å²) < 4.78 is 5.14. The molecule has 0 saturated heterocycles. The first-order chi connectivity index (χ1) is 13.7. The second-order valence-corrected chi connectivity index (χ2v) is 7.17. The van der Waals surface area contributed by atoms with Crippen LogP contribution in [0.2, 0.25) is 0 Å². The van der Waals surface area contributed by atoms with Gasteiger partial charge in [0.2, 0.25) is 11.8 Å². The molecule has 1 amide bonds. The number of amides is 1. The molecule has 6 nitrogen and oxygen atoms in total. The van der Waals surface area contributed by atoms with Crippen LogP contribution in [0.4, 0.5) is 5.69 Å². The second-order valence-electron chi connectivity index (χ2n) is 7.17. The van der Waals surface area contributed by atoms with E-state index in [1.807, 2.05) is 30.3 Å². The largest absolute Gasteiger partial charge is 0.376 e. The number of carbonyl (C=O) groups excluding carboxylic acids is 1. The number of rotatable bonds is 6. The molecule has 0 saturated carbocycles. The van der Waals surface area contributed by atoms with Gasteiger partial charge in [-0.2, -0.15) is 4.98 Å². The van der Waals surface area contributed by atoms with Crippen molar-refractivity contribution in [1.29, 1.82) is 0 Å². The molecule has 1 unspecified atom stereocenters. The van der Waals surface area contributed by atoms with E-state index >= 15 is 0 Å². The van der Waals surface area contributed by atoms with E-state index in [1.165, 1.54) is 11.1 Å². The van der Waals surface area contributed by atoms with Gasteiger partial charge in [-0.05, 0) is 55.0 Å². The molecule has 0 aliphatic heterocycles. The van der Waals surface area contributed by atoms with Crippen LogP contribution in [0.1, 0.15) is 47.3 Å². The molecule has 0 radical (unpaired) electrons. The van der Waals surface area contributed by atoms with Gasteiger partial charge in [0.15, 0.2) is 5.82 Å². The predicted octanol–water partition coefficient (Wildman–Crippen LogP) is 3.57. The molecule has 144 valence electrons. The smallest absolute Gasteiger partial charge is 0.239 e. The number of aromatic nitrogens is 2. The van der Waals surface area contributed by atoms with Crippen LogP contribution in [0.25, 0.3) is 0 Å². The monoisotopic (exact) mass is 376 g/mol. The number of fused-ring (bicyclic) bond motifs is 1. The van der Waals surface area contributed by atoms with Crippen molar-refractivity contribution in [2.24, 2.45) is 0 Å². The molecule has 0 bridgehead atoms. The van der Waals surface area contributed by atoms with E-state index in [9.17, 15) is 4.79 Å². The van der Waals surface area contributed by atoms with Crippen molar-refractivity contribution in [3.05, 3.63) is 76.9 Å². The Hall–Kier alpha value is -3.15. The van der Waals surface area contributed by atoms with Gasteiger partial charge < -0.3 is 15.2 Å². The molecule has 0 fully saturated rings. The van der Waals surface area contributed by atoms with Gasteiger partial charge in [0, 0.05) is 5.69 Å². The average molecular weight is 376 g/mol. The highest BCUT2D eigenvalue weighted by Crippen LogP contribution is 2.29. The Bertz CT molecular complexity index is 949. The summed E-state index contributed by atoms with van der Waals surface area (Å²) in [4.78, 5) is 16.6. The molecule has 3 aromatic rings. The van der Waals surface area contributed by atoms with Crippen LogP contribution < -0.4 is 10.6 Å². The van der Waals surface area contributed by atoms with E-state index in [2.05, 4.69) is 39.0 Å². The summed E-state index contributed by atoms with van der Waals surface area (Å²) in [5.74, 6) is 1.25. The lowest BCUT2D eigenvalue weighted by atomic mass is 9.88. The zero-order valence-corrected chi connectivity index (χ0v) is 15.9. The minimum absolute atomic E-state index is 0.00659. The zero-order valence-electron chi connectivity index (χ0n) is 15.9. The first-order valence-electron chi connectivity index (χ1n) is 9.66. The van der Waals surface area contributed by atoms with Crippen LogP contribution in [0.5, 0.6) is 0 Å². The number of anilines is 1. The Morgan fingerprint density at radius 2 is 2.00 bits per heavy atom. The van der Waals surface area contributed by atoms with E-state index in [1.54, 1.807) is 6.92 Å². The van der Waals surface area contributed by atoms with Gasteiger partial charge in [-0.15, -0.1) is 0 Å². The number of benzene rings is 2. The van der Waals surface area contributed by atoms with Crippen LogP contribution in [0.15, 0.2) is 53.1 Å². The normalized spacial score (nSPS) is 15.7. The highest BCUT2D eigenvalue weighted by atomic mass is 16.5. The lowest BCUT2D eigenvalue weighted by Crippen LogP contribution is -2.35. The first-order valence-corrected chi connectivity index (χ1v) is 9.66. The highest BCUT2D eigenvalue weighted by molar-refractivity contribution is 5.81. The number of nitrogens with zero attached hydrogens (tertiary/aromatic N) is 2. The molecule has 1 heterocycles. The summed E-state index contributed by atoms with van der Waals surface area (Å²) in [5.41, 5.74) is 4.59. The van der Waals surface area contributed by atoms with Gasteiger partial charge >= 0.3 is 0 Å². The minimum atomic E-state index is 0.00659. The molecule has 1 aliphatic carbocycles. The van der Waals surface area contributed by atoms with Crippen LogP contribution in [-0.4, -0.2) is 22.6 Å². The third-order valence-electron chi connectivity index (χ3n) is 5.04. The molecule has 2 N–H and O–H groups in total. The third kappa shape index (κ3) is 4.39. The van der Waals surface area contributed by atoms with E-state index in [0.29, 0.717) is 18.1 Å². The Kier molecular flexibility index (Phi) is 5.37. The average Bonchev–Trinajstić information content (AvgIpc) is 3.12. The molecule has 6 heteroatoms. The molecular formula is C22H24N4O2. The number of carbonyl (C=O) groups is 1. The summed E-state index contributed by atoms with van der Waals surface area (Å²) >= 11 is 0. The Labute approximate surface area is 164 Å². The Balaban J connectivity index is 1.29. The number of hydrogen-bond acceptors (Lipinski definition) is 5.